The second-order valence-electron chi connectivity index (χ2n) is 3.74. The molecule has 0 saturated carbocycles. The molecule has 0 amide bonds. The zero-order chi connectivity index (χ0) is 11.4. The SMILES string of the molecule is CCOC(C(C)=O)c1cccc(C)c1C. The van der Waals surface area contributed by atoms with E-state index in [0.29, 0.717) is 6.61 Å². The molecular formula is C13H18O2. The van der Waals surface area contributed by atoms with Crippen LogP contribution in [0.2, 0.25) is 0 Å². The van der Waals surface area contributed by atoms with E-state index in [-0.39, 0.29) is 5.78 Å². The summed E-state index contributed by atoms with van der Waals surface area (Å²) < 4.78 is 5.48. The summed E-state index contributed by atoms with van der Waals surface area (Å²) in [5.74, 6) is 0.0607. The topological polar surface area (TPSA) is 26.3 Å². The largest absolute Gasteiger partial charge is 0.366 e. The van der Waals surface area contributed by atoms with Crippen LogP contribution in [-0.2, 0) is 9.53 Å². The predicted octanol–water partition coefficient (Wildman–Crippen LogP) is 2.97. The Morgan fingerprint density at radius 1 is 1.40 bits per heavy atom. The first-order chi connectivity index (χ1) is 7.07. The average molecular weight is 206 g/mol. The van der Waals surface area contributed by atoms with E-state index in [1.165, 1.54) is 5.56 Å². The lowest BCUT2D eigenvalue weighted by molar-refractivity contribution is -0.128. The molecule has 0 aliphatic heterocycles. The van der Waals surface area contributed by atoms with E-state index in [9.17, 15) is 4.79 Å². The van der Waals surface area contributed by atoms with Crippen molar-refractivity contribution in [1.82, 2.24) is 0 Å². The average Bonchev–Trinajstić information content (AvgIpc) is 2.19. The van der Waals surface area contributed by atoms with E-state index in [4.69, 9.17) is 4.74 Å². The molecule has 15 heavy (non-hydrogen) atoms. The number of ether oxygens (including phenoxy) is 1. The molecule has 0 radical (unpaired) electrons. The number of aryl methyl sites for hydroxylation is 1. The number of hydrogen-bond donors (Lipinski definition) is 0. The van der Waals surface area contributed by atoms with E-state index < -0.39 is 6.10 Å². The van der Waals surface area contributed by atoms with Gasteiger partial charge >= 0.3 is 0 Å². The predicted molar refractivity (Wildman–Crippen MR) is 61.0 cm³/mol. The minimum Gasteiger partial charge on any atom is -0.366 e. The number of carbonyl (C=O) groups is 1. The molecule has 0 aliphatic carbocycles. The van der Waals surface area contributed by atoms with Crippen LogP contribution in [0.3, 0.4) is 0 Å². The molecule has 1 aromatic rings. The van der Waals surface area contributed by atoms with E-state index in [1.807, 2.05) is 39.0 Å². The van der Waals surface area contributed by atoms with Gasteiger partial charge in [-0.2, -0.15) is 0 Å². The van der Waals surface area contributed by atoms with Crippen LogP contribution in [0.5, 0.6) is 0 Å². The molecule has 1 unspecified atom stereocenters. The van der Waals surface area contributed by atoms with Crippen LogP contribution in [0.25, 0.3) is 0 Å². The third-order valence-electron chi connectivity index (χ3n) is 2.63. The molecule has 0 aromatic heterocycles. The Labute approximate surface area is 91.3 Å². The number of ketones is 1. The summed E-state index contributed by atoms with van der Waals surface area (Å²) >= 11 is 0. The summed E-state index contributed by atoms with van der Waals surface area (Å²) in [7, 11) is 0. The van der Waals surface area contributed by atoms with Gasteiger partial charge < -0.3 is 4.74 Å². The van der Waals surface area contributed by atoms with Crippen molar-refractivity contribution < 1.29 is 9.53 Å². The van der Waals surface area contributed by atoms with Crippen molar-refractivity contribution in [2.24, 2.45) is 0 Å². The summed E-state index contributed by atoms with van der Waals surface area (Å²) in [6, 6.07) is 5.97. The smallest absolute Gasteiger partial charge is 0.163 e. The Morgan fingerprint density at radius 3 is 2.60 bits per heavy atom. The molecule has 1 atom stereocenters. The number of benzene rings is 1. The van der Waals surface area contributed by atoms with E-state index in [1.54, 1.807) is 6.92 Å². The van der Waals surface area contributed by atoms with Gasteiger partial charge in [0, 0.05) is 6.61 Å². The molecule has 0 saturated heterocycles. The molecule has 0 N–H and O–H groups in total. The molecule has 82 valence electrons. The van der Waals surface area contributed by atoms with E-state index in [0.717, 1.165) is 11.1 Å². The minimum absolute atomic E-state index is 0.0607. The number of carbonyl (C=O) groups excluding carboxylic acids is 1. The Bertz CT molecular complexity index is 356. The van der Waals surface area contributed by atoms with Gasteiger partial charge in [0.25, 0.3) is 0 Å². The van der Waals surface area contributed by atoms with E-state index in [2.05, 4.69) is 0 Å². The summed E-state index contributed by atoms with van der Waals surface area (Å²) in [5.41, 5.74) is 3.33. The fourth-order valence-electron chi connectivity index (χ4n) is 1.65. The van der Waals surface area contributed by atoms with Gasteiger partial charge in [-0.1, -0.05) is 18.2 Å². The van der Waals surface area contributed by atoms with Crippen LogP contribution in [0, 0.1) is 13.8 Å². The lowest BCUT2D eigenvalue weighted by Gasteiger charge is -2.17. The van der Waals surface area contributed by atoms with Crippen LogP contribution in [0.4, 0.5) is 0 Å². The van der Waals surface area contributed by atoms with Gasteiger partial charge in [-0.05, 0) is 44.4 Å². The Balaban J connectivity index is 3.11. The van der Waals surface area contributed by atoms with Gasteiger partial charge in [-0.25, -0.2) is 0 Å². The van der Waals surface area contributed by atoms with Crippen molar-refractivity contribution in [2.45, 2.75) is 33.8 Å². The summed E-state index contributed by atoms with van der Waals surface area (Å²) in [6.07, 6.45) is -0.408. The molecule has 2 nitrogen and oxygen atoms in total. The highest BCUT2D eigenvalue weighted by atomic mass is 16.5. The molecule has 2 heteroatoms. The maximum atomic E-state index is 11.5. The van der Waals surface area contributed by atoms with Crippen LogP contribution in [0.15, 0.2) is 18.2 Å². The lowest BCUT2D eigenvalue weighted by atomic mass is 9.97. The van der Waals surface area contributed by atoms with Crippen LogP contribution < -0.4 is 0 Å². The highest BCUT2D eigenvalue weighted by molar-refractivity contribution is 5.82. The maximum absolute atomic E-state index is 11.5. The number of rotatable bonds is 4. The summed E-state index contributed by atoms with van der Waals surface area (Å²) in [4.78, 5) is 11.5. The van der Waals surface area contributed by atoms with Gasteiger partial charge in [0.1, 0.15) is 6.10 Å². The molecule has 1 rings (SSSR count). The van der Waals surface area contributed by atoms with Crippen LogP contribution >= 0.6 is 0 Å². The third kappa shape index (κ3) is 2.66. The van der Waals surface area contributed by atoms with Crippen molar-refractivity contribution in [2.75, 3.05) is 6.61 Å². The second kappa shape index (κ2) is 5.08. The normalized spacial score (nSPS) is 12.5. The molecule has 0 aliphatic rings. The van der Waals surface area contributed by atoms with Gasteiger partial charge in [-0.15, -0.1) is 0 Å². The minimum atomic E-state index is -0.408. The van der Waals surface area contributed by atoms with Crippen molar-refractivity contribution in [1.29, 1.82) is 0 Å². The van der Waals surface area contributed by atoms with Crippen molar-refractivity contribution >= 4 is 5.78 Å². The monoisotopic (exact) mass is 206 g/mol. The van der Waals surface area contributed by atoms with Crippen LogP contribution in [0.1, 0.15) is 36.6 Å². The molecule has 0 heterocycles. The summed E-state index contributed by atoms with van der Waals surface area (Å²) in [6.45, 7) is 8.10. The fourth-order valence-corrected chi connectivity index (χ4v) is 1.65. The summed E-state index contributed by atoms with van der Waals surface area (Å²) in [5, 5.41) is 0. The first-order valence-electron chi connectivity index (χ1n) is 5.26. The molecule has 1 aromatic carbocycles. The number of Topliss-reactive ketones (excluding diaryl/α,β-unsaturated/α-hetero) is 1. The Kier molecular flexibility index (Phi) is 4.04. The quantitative estimate of drug-likeness (QED) is 0.757. The molecule has 0 bridgehead atoms. The van der Waals surface area contributed by atoms with E-state index >= 15 is 0 Å². The number of hydrogen-bond acceptors (Lipinski definition) is 2. The van der Waals surface area contributed by atoms with Gasteiger partial charge in [0.2, 0.25) is 0 Å². The van der Waals surface area contributed by atoms with Gasteiger partial charge in [-0.3, -0.25) is 4.79 Å². The van der Waals surface area contributed by atoms with Crippen LogP contribution in [-0.4, -0.2) is 12.4 Å². The molecule has 0 fully saturated rings. The fraction of sp³-hybridized carbons (Fsp3) is 0.462. The zero-order valence-corrected chi connectivity index (χ0v) is 9.83. The first-order valence-corrected chi connectivity index (χ1v) is 5.26. The van der Waals surface area contributed by atoms with Crippen molar-refractivity contribution in [3.05, 3.63) is 34.9 Å². The van der Waals surface area contributed by atoms with Crippen molar-refractivity contribution in [3.8, 4) is 0 Å². The highest BCUT2D eigenvalue weighted by Crippen LogP contribution is 2.24. The third-order valence-corrected chi connectivity index (χ3v) is 2.63. The zero-order valence-electron chi connectivity index (χ0n) is 9.83. The van der Waals surface area contributed by atoms with Gasteiger partial charge in [0.05, 0.1) is 0 Å². The molecular weight excluding hydrogens is 188 g/mol. The van der Waals surface area contributed by atoms with Crippen molar-refractivity contribution in [3.63, 3.8) is 0 Å². The highest BCUT2D eigenvalue weighted by Gasteiger charge is 2.18. The van der Waals surface area contributed by atoms with Gasteiger partial charge in [0.15, 0.2) is 5.78 Å². The molecule has 0 spiro atoms. The first kappa shape index (κ1) is 11.9. The maximum Gasteiger partial charge on any atom is 0.163 e. The lowest BCUT2D eigenvalue weighted by Crippen LogP contribution is -2.14. The second-order valence-corrected chi connectivity index (χ2v) is 3.74. The Hall–Kier alpha value is -1.15. The Morgan fingerprint density at radius 2 is 2.07 bits per heavy atom. The standard InChI is InChI=1S/C13H18O2/c1-5-15-13(11(4)14)12-8-6-7-9(2)10(12)3/h6-8,13H,5H2,1-4H3.